The lowest BCUT2D eigenvalue weighted by Gasteiger charge is -2.38. The molecule has 14 nitrogen and oxygen atoms in total. The third-order valence-electron chi connectivity index (χ3n) is 11.3. The fourth-order valence-corrected chi connectivity index (χ4v) is 7.71. The number of nitrogens with two attached hydrogens (primary N) is 2. The first-order chi connectivity index (χ1) is 28.3. The summed E-state index contributed by atoms with van der Waals surface area (Å²) < 4.78 is 7.63. The van der Waals surface area contributed by atoms with Gasteiger partial charge in [-0.25, -0.2) is 15.0 Å². The van der Waals surface area contributed by atoms with Crippen molar-refractivity contribution in [3.8, 4) is 28.3 Å². The molecule has 7 rings (SSSR count). The maximum Gasteiger partial charge on any atom is 0.245 e. The van der Waals surface area contributed by atoms with Crippen LogP contribution >= 0.6 is 0 Å². The summed E-state index contributed by atoms with van der Waals surface area (Å²) in [5, 5.41) is 15.6. The smallest absolute Gasteiger partial charge is 0.245 e. The van der Waals surface area contributed by atoms with Crippen molar-refractivity contribution in [2.24, 2.45) is 11.1 Å². The molecular formula is C45H55N9O5. The van der Waals surface area contributed by atoms with E-state index in [2.05, 4.69) is 45.9 Å². The van der Waals surface area contributed by atoms with Gasteiger partial charge in [-0.1, -0.05) is 51.1 Å². The van der Waals surface area contributed by atoms with Crippen LogP contribution in [-0.2, 0) is 31.1 Å². The van der Waals surface area contributed by atoms with Crippen molar-refractivity contribution in [3.05, 3.63) is 90.1 Å². The predicted molar refractivity (Wildman–Crippen MR) is 227 cm³/mol. The van der Waals surface area contributed by atoms with Gasteiger partial charge in [-0.15, -0.1) is 0 Å². The molecule has 2 aromatic carbocycles. The van der Waals surface area contributed by atoms with Gasteiger partial charge in [-0.2, -0.15) is 0 Å². The summed E-state index contributed by atoms with van der Waals surface area (Å²) in [7, 11) is 0. The average molecular weight is 802 g/mol. The summed E-state index contributed by atoms with van der Waals surface area (Å²) in [6, 6.07) is 23.3. The summed E-state index contributed by atoms with van der Waals surface area (Å²) in [5.74, 6) is 0.436. The fourth-order valence-electron chi connectivity index (χ4n) is 7.71. The Bertz CT molecular complexity index is 2300. The summed E-state index contributed by atoms with van der Waals surface area (Å²) in [4.78, 5) is 54.6. The number of imidazole rings is 1. The molecule has 5 aromatic rings. The number of rotatable bonds is 15. The van der Waals surface area contributed by atoms with Gasteiger partial charge in [-0.05, 0) is 91.1 Å². The second-order valence-electron chi connectivity index (χ2n) is 16.8. The van der Waals surface area contributed by atoms with Crippen molar-refractivity contribution in [2.75, 3.05) is 38.6 Å². The number of carbonyl (C=O) groups excluding carboxylic acids is 3. The van der Waals surface area contributed by atoms with Gasteiger partial charge in [0.25, 0.3) is 0 Å². The number of hydrogen-bond donors (Lipinski definition) is 5. The average Bonchev–Trinajstić information content (AvgIpc) is 3.82. The van der Waals surface area contributed by atoms with E-state index in [0.717, 1.165) is 47.3 Å². The number of nitrogen functional groups attached to an aromatic ring is 1. The van der Waals surface area contributed by atoms with Crippen LogP contribution in [0.5, 0.6) is 0 Å². The maximum atomic E-state index is 13.1. The largest absolute Gasteiger partial charge is 0.391 e. The Morgan fingerprint density at radius 2 is 1.78 bits per heavy atom. The molecule has 3 aromatic heterocycles. The van der Waals surface area contributed by atoms with Crippen molar-refractivity contribution in [2.45, 2.75) is 83.4 Å². The number of benzene rings is 2. The van der Waals surface area contributed by atoms with Crippen molar-refractivity contribution in [1.29, 1.82) is 0 Å². The molecule has 0 bridgehead atoms. The number of nitrogens with one attached hydrogen (secondary N) is 2. The number of aliphatic hydroxyl groups is 1. The van der Waals surface area contributed by atoms with E-state index in [9.17, 15) is 19.5 Å². The van der Waals surface area contributed by atoms with E-state index in [-0.39, 0.29) is 55.9 Å². The molecule has 0 unspecified atom stereocenters. The van der Waals surface area contributed by atoms with E-state index in [4.69, 9.17) is 26.2 Å². The van der Waals surface area contributed by atoms with Gasteiger partial charge in [0, 0.05) is 55.5 Å². The number of aliphatic hydroxyl groups excluding tert-OH is 1. The number of hydrogen-bond acceptors (Lipinski definition) is 10. The van der Waals surface area contributed by atoms with E-state index in [1.54, 1.807) is 11.1 Å². The number of ether oxygens (including phenoxy) is 1. The minimum absolute atomic E-state index is 0.0830. The molecule has 2 atom stereocenters. The number of anilines is 1. The molecule has 7 N–H and O–H groups in total. The lowest BCUT2D eigenvalue weighted by atomic mass is 9.73. The molecule has 1 saturated carbocycles. The predicted octanol–water partition coefficient (Wildman–Crippen LogP) is 4.65. The highest BCUT2D eigenvalue weighted by Gasteiger charge is 2.38. The van der Waals surface area contributed by atoms with Gasteiger partial charge >= 0.3 is 0 Å². The molecule has 1 aliphatic carbocycles. The number of β-amino-alcohol motifs (C(OH)–C–C–N with tert-alkyl or cyclic N) is 1. The van der Waals surface area contributed by atoms with E-state index < -0.39 is 17.6 Å². The number of aromatic nitrogens is 4. The van der Waals surface area contributed by atoms with Gasteiger partial charge in [0.2, 0.25) is 17.7 Å². The Labute approximate surface area is 344 Å². The molecular weight excluding hydrogens is 747 g/mol. The number of aryl methyl sites for hydroxylation is 1. The second kappa shape index (κ2) is 17.7. The van der Waals surface area contributed by atoms with Gasteiger partial charge < -0.3 is 36.8 Å². The minimum atomic E-state index is -0.707. The Morgan fingerprint density at radius 1 is 0.983 bits per heavy atom. The first kappa shape index (κ1) is 41.5. The molecule has 310 valence electrons. The lowest BCUT2D eigenvalue weighted by molar-refractivity contribution is -0.139. The molecule has 1 aliphatic heterocycles. The van der Waals surface area contributed by atoms with Gasteiger partial charge in [0.05, 0.1) is 30.6 Å². The van der Waals surface area contributed by atoms with E-state index >= 15 is 0 Å². The summed E-state index contributed by atoms with van der Waals surface area (Å²) in [6.45, 7) is 7.17. The van der Waals surface area contributed by atoms with E-state index in [0.29, 0.717) is 54.3 Å². The topological polar surface area (TPSA) is 204 Å². The highest BCUT2D eigenvalue weighted by molar-refractivity contribution is 5.89. The number of pyridine rings is 2. The molecule has 4 heterocycles. The number of amides is 3. The molecule has 14 heteroatoms. The Kier molecular flexibility index (Phi) is 12.4. The van der Waals surface area contributed by atoms with Crippen LogP contribution in [0.4, 0.5) is 5.82 Å². The Morgan fingerprint density at radius 3 is 2.47 bits per heavy atom. The van der Waals surface area contributed by atoms with Crippen LogP contribution in [0.15, 0.2) is 79.0 Å². The van der Waals surface area contributed by atoms with E-state index in [1.165, 1.54) is 0 Å². The van der Waals surface area contributed by atoms with Crippen LogP contribution in [0.25, 0.3) is 39.5 Å². The van der Waals surface area contributed by atoms with E-state index in [1.807, 2.05) is 67.8 Å². The Hall–Kier alpha value is -5.70. The SMILES string of the molecule is CC(C)(C)[C@H](NC(=O)CCOCCNC(=O)CCc1cccc(-c2ccc3nc(-c4cccnc4N)n(-c4ccc(C5(N)CCC5)cc4)c3n2)c1)C(=O)N1CC[C@@H](O)C1. The van der Waals surface area contributed by atoms with Gasteiger partial charge in [0.1, 0.15) is 17.4 Å². The second-order valence-corrected chi connectivity index (χ2v) is 16.8. The van der Waals surface area contributed by atoms with Crippen LogP contribution < -0.4 is 22.1 Å². The zero-order valence-corrected chi connectivity index (χ0v) is 34.1. The quantitative estimate of drug-likeness (QED) is 0.0928. The third-order valence-corrected chi connectivity index (χ3v) is 11.3. The lowest BCUT2D eigenvalue weighted by Crippen LogP contribution is -2.54. The molecule has 2 fully saturated rings. The number of likely N-dealkylation sites (tertiary alicyclic amines) is 1. The summed E-state index contributed by atoms with van der Waals surface area (Å²) >= 11 is 0. The highest BCUT2D eigenvalue weighted by Crippen LogP contribution is 2.39. The minimum Gasteiger partial charge on any atom is -0.391 e. The molecule has 0 spiro atoms. The summed E-state index contributed by atoms with van der Waals surface area (Å²) in [6.07, 6.45) is 5.66. The first-order valence-electron chi connectivity index (χ1n) is 20.5. The normalized spacial score (nSPS) is 16.8. The van der Waals surface area contributed by atoms with Crippen molar-refractivity contribution >= 4 is 34.7 Å². The van der Waals surface area contributed by atoms with Gasteiger partial charge in [-0.3, -0.25) is 19.0 Å². The van der Waals surface area contributed by atoms with Crippen LogP contribution in [0, 0.1) is 5.41 Å². The fraction of sp³-hybridized carbons (Fsp3) is 0.422. The van der Waals surface area contributed by atoms with Crippen LogP contribution in [0.3, 0.4) is 0 Å². The number of nitrogens with zero attached hydrogens (tertiary/aromatic N) is 5. The van der Waals surface area contributed by atoms with Crippen LogP contribution in [-0.4, -0.2) is 92.2 Å². The van der Waals surface area contributed by atoms with Crippen molar-refractivity contribution < 1.29 is 24.2 Å². The standard InChI is InChI=1S/C45H55N9O5/c1-44(2,3)39(43(58)53-24-18-33(55)28-53)52-38(57)19-25-59-26-23-48-37(56)17-10-29-7-4-8-30(27-29)35-15-16-36-42(50-35)54(41(51-36)34-9-5-22-49-40(34)46)32-13-11-31(12-14-32)45(47)20-6-21-45/h4-5,7-9,11-16,22,27,33,39,55H,6,10,17-21,23-26,28,47H2,1-3H3,(H2,46,49)(H,48,56)(H,52,57)/t33-,39-/m1/s1. The van der Waals surface area contributed by atoms with Crippen molar-refractivity contribution in [1.82, 2.24) is 35.1 Å². The summed E-state index contributed by atoms with van der Waals surface area (Å²) in [5.41, 5.74) is 19.0. The third kappa shape index (κ3) is 9.62. The zero-order valence-electron chi connectivity index (χ0n) is 34.1. The maximum absolute atomic E-state index is 13.1. The molecule has 2 aliphatic rings. The van der Waals surface area contributed by atoms with Crippen molar-refractivity contribution in [3.63, 3.8) is 0 Å². The van der Waals surface area contributed by atoms with Gasteiger partial charge in [0.15, 0.2) is 11.5 Å². The molecule has 0 radical (unpaired) electrons. The molecule has 1 saturated heterocycles. The van der Waals surface area contributed by atoms with Crippen LogP contribution in [0.2, 0.25) is 0 Å². The zero-order chi connectivity index (χ0) is 41.7. The Balaban J connectivity index is 0.936. The highest BCUT2D eigenvalue weighted by atomic mass is 16.5. The monoisotopic (exact) mass is 801 g/mol. The first-order valence-corrected chi connectivity index (χ1v) is 20.5. The van der Waals surface area contributed by atoms with Crippen LogP contribution in [0.1, 0.15) is 70.4 Å². The molecule has 3 amide bonds. The number of carbonyl (C=O) groups is 3. The molecule has 59 heavy (non-hydrogen) atoms. The number of fused-ring (bicyclic) bond motifs is 1.